The molecule has 0 aliphatic carbocycles. The fourth-order valence-corrected chi connectivity index (χ4v) is 1.44. The molecule has 1 rings (SSSR count). The van der Waals surface area contributed by atoms with Crippen LogP contribution >= 0.6 is 27.3 Å². The van der Waals surface area contributed by atoms with E-state index in [9.17, 15) is 4.79 Å². The molecule has 4 heteroatoms. The summed E-state index contributed by atoms with van der Waals surface area (Å²) in [6.45, 7) is 1.96. The second kappa shape index (κ2) is 4.62. The first-order valence-corrected chi connectivity index (χ1v) is 5.57. The number of amides is 1. The van der Waals surface area contributed by atoms with Crippen LogP contribution in [0.25, 0.3) is 0 Å². The van der Waals surface area contributed by atoms with Gasteiger partial charge in [-0.25, -0.2) is 0 Å². The molecule has 0 aliphatic rings. The molecular formula is C8H10BrNOS. The highest BCUT2D eigenvalue weighted by atomic mass is 79.9. The largest absolute Gasteiger partial charge is 0.324 e. The normalized spacial score (nSPS) is 12.5. The molecule has 0 saturated carbocycles. The number of hydrogen-bond acceptors (Lipinski definition) is 2. The summed E-state index contributed by atoms with van der Waals surface area (Å²) in [4.78, 5) is 11.2. The van der Waals surface area contributed by atoms with Gasteiger partial charge in [-0.3, -0.25) is 4.79 Å². The third kappa shape index (κ3) is 2.60. The third-order valence-electron chi connectivity index (χ3n) is 1.43. The Morgan fingerprint density at radius 1 is 1.83 bits per heavy atom. The van der Waals surface area contributed by atoms with Crippen molar-refractivity contribution in [2.24, 2.45) is 0 Å². The lowest BCUT2D eigenvalue weighted by Crippen LogP contribution is -2.21. The fourth-order valence-electron chi connectivity index (χ4n) is 0.742. The number of alkyl halides is 1. The zero-order valence-corrected chi connectivity index (χ0v) is 9.11. The second-order valence-corrected chi connectivity index (χ2v) is 4.26. The number of carbonyl (C=O) groups excluding carboxylic acids is 1. The molecule has 12 heavy (non-hydrogen) atoms. The predicted octanol–water partition coefficient (Wildman–Crippen LogP) is 2.86. The Morgan fingerprint density at radius 2 is 2.58 bits per heavy atom. The molecule has 0 fully saturated rings. The fraction of sp³-hybridized carbons (Fsp3) is 0.375. The molecule has 0 aliphatic heterocycles. The number of rotatable bonds is 3. The Hall–Kier alpha value is -0.350. The highest BCUT2D eigenvalue weighted by Gasteiger charge is 2.11. The zero-order chi connectivity index (χ0) is 8.97. The summed E-state index contributed by atoms with van der Waals surface area (Å²) in [7, 11) is 0. The molecular weight excluding hydrogens is 238 g/mol. The van der Waals surface area contributed by atoms with E-state index in [4.69, 9.17) is 0 Å². The molecule has 1 amide bonds. The van der Waals surface area contributed by atoms with Gasteiger partial charge in [-0.1, -0.05) is 22.9 Å². The van der Waals surface area contributed by atoms with Gasteiger partial charge in [0.1, 0.15) is 0 Å². The maximum atomic E-state index is 11.3. The molecule has 2 nitrogen and oxygen atoms in total. The zero-order valence-electron chi connectivity index (χ0n) is 6.71. The Bertz CT molecular complexity index is 248. The van der Waals surface area contributed by atoms with Crippen molar-refractivity contribution < 1.29 is 4.79 Å². The standard InChI is InChI=1S/C8H10BrNOS/c1-2-7(9)8(11)10-6-3-4-12-5-6/h3-5,7H,2H2,1H3,(H,10,11). The molecule has 1 atom stereocenters. The summed E-state index contributed by atoms with van der Waals surface area (Å²) in [5, 5.41) is 6.64. The number of thiophene rings is 1. The second-order valence-electron chi connectivity index (χ2n) is 2.38. The molecule has 1 heterocycles. The monoisotopic (exact) mass is 247 g/mol. The number of nitrogens with one attached hydrogen (secondary N) is 1. The molecule has 0 aromatic carbocycles. The van der Waals surface area contributed by atoms with Crippen molar-refractivity contribution in [3.8, 4) is 0 Å². The van der Waals surface area contributed by atoms with Gasteiger partial charge in [0.05, 0.1) is 10.5 Å². The van der Waals surface area contributed by atoms with E-state index in [0.29, 0.717) is 0 Å². The van der Waals surface area contributed by atoms with Crippen LogP contribution in [0.4, 0.5) is 5.69 Å². The van der Waals surface area contributed by atoms with Gasteiger partial charge in [-0.15, -0.1) is 0 Å². The molecule has 1 unspecified atom stereocenters. The first kappa shape index (κ1) is 9.74. The summed E-state index contributed by atoms with van der Waals surface area (Å²) in [5.74, 6) is 0.0240. The third-order valence-corrected chi connectivity index (χ3v) is 3.18. The van der Waals surface area contributed by atoms with Crippen LogP contribution in [0, 0.1) is 0 Å². The van der Waals surface area contributed by atoms with E-state index in [1.807, 2.05) is 23.8 Å². The summed E-state index contributed by atoms with van der Waals surface area (Å²) in [6.07, 6.45) is 0.802. The van der Waals surface area contributed by atoms with Crippen molar-refractivity contribution in [2.45, 2.75) is 18.2 Å². The first-order valence-electron chi connectivity index (χ1n) is 3.71. The van der Waals surface area contributed by atoms with Crippen LogP contribution in [-0.2, 0) is 4.79 Å². The molecule has 0 bridgehead atoms. The molecule has 0 spiro atoms. The topological polar surface area (TPSA) is 29.1 Å². The molecule has 1 aromatic heterocycles. The van der Waals surface area contributed by atoms with Crippen LogP contribution in [0.15, 0.2) is 16.8 Å². The van der Waals surface area contributed by atoms with Crippen molar-refractivity contribution in [2.75, 3.05) is 5.32 Å². The van der Waals surface area contributed by atoms with Crippen LogP contribution in [0.3, 0.4) is 0 Å². The number of anilines is 1. The lowest BCUT2D eigenvalue weighted by Gasteiger charge is -2.05. The van der Waals surface area contributed by atoms with Gasteiger partial charge in [0.15, 0.2) is 0 Å². The predicted molar refractivity (Wildman–Crippen MR) is 56.0 cm³/mol. The Kier molecular flexibility index (Phi) is 3.75. The van der Waals surface area contributed by atoms with Gasteiger partial charge >= 0.3 is 0 Å². The molecule has 1 N–H and O–H groups in total. The van der Waals surface area contributed by atoms with Crippen LogP contribution in [0.2, 0.25) is 0 Å². The van der Waals surface area contributed by atoms with Crippen molar-refractivity contribution in [3.05, 3.63) is 16.8 Å². The number of carbonyl (C=O) groups is 1. The van der Waals surface area contributed by atoms with Crippen LogP contribution in [-0.4, -0.2) is 10.7 Å². The van der Waals surface area contributed by atoms with Crippen LogP contribution < -0.4 is 5.32 Å². The Balaban J connectivity index is 2.47. The summed E-state index contributed by atoms with van der Waals surface area (Å²) >= 11 is 4.85. The SMILES string of the molecule is CCC(Br)C(=O)Nc1ccsc1. The number of halogens is 1. The highest BCUT2D eigenvalue weighted by molar-refractivity contribution is 9.10. The first-order chi connectivity index (χ1) is 5.74. The maximum Gasteiger partial charge on any atom is 0.238 e. The minimum Gasteiger partial charge on any atom is -0.324 e. The van der Waals surface area contributed by atoms with E-state index in [2.05, 4.69) is 21.2 Å². The molecule has 66 valence electrons. The van der Waals surface area contributed by atoms with E-state index < -0.39 is 0 Å². The average molecular weight is 248 g/mol. The van der Waals surface area contributed by atoms with Gasteiger partial charge in [-0.2, -0.15) is 11.3 Å². The Labute approximate surface area is 84.1 Å². The summed E-state index contributed by atoms with van der Waals surface area (Å²) in [5.41, 5.74) is 0.878. The van der Waals surface area contributed by atoms with Gasteiger partial charge in [0, 0.05) is 5.38 Å². The van der Waals surface area contributed by atoms with Crippen molar-refractivity contribution in [3.63, 3.8) is 0 Å². The average Bonchev–Trinajstić information content (AvgIpc) is 2.55. The van der Waals surface area contributed by atoms with E-state index in [1.165, 1.54) is 0 Å². The van der Waals surface area contributed by atoms with Crippen LogP contribution in [0.5, 0.6) is 0 Å². The molecule has 1 aromatic rings. The lowest BCUT2D eigenvalue weighted by atomic mass is 10.3. The molecule has 0 saturated heterocycles. The van der Waals surface area contributed by atoms with Crippen molar-refractivity contribution >= 4 is 38.9 Å². The van der Waals surface area contributed by atoms with E-state index in [0.717, 1.165) is 12.1 Å². The van der Waals surface area contributed by atoms with Gasteiger partial charge in [0.25, 0.3) is 0 Å². The summed E-state index contributed by atoms with van der Waals surface area (Å²) in [6, 6.07) is 1.89. The summed E-state index contributed by atoms with van der Waals surface area (Å²) < 4.78 is 0. The van der Waals surface area contributed by atoms with E-state index in [1.54, 1.807) is 11.3 Å². The van der Waals surface area contributed by atoms with Gasteiger partial charge < -0.3 is 5.32 Å². The lowest BCUT2D eigenvalue weighted by molar-refractivity contribution is -0.115. The quantitative estimate of drug-likeness (QED) is 0.819. The maximum absolute atomic E-state index is 11.3. The molecule has 0 radical (unpaired) electrons. The van der Waals surface area contributed by atoms with Crippen LogP contribution in [0.1, 0.15) is 13.3 Å². The smallest absolute Gasteiger partial charge is 0.238 e. The van der Waals surface area contributed by atoms with E-state index >= 15 is 0 Å². The highest BCUT2D eigenvalue weighted by Crippen LogP contribution is 2.14. The number of hydrogen-bond donors (Lipinski definition) is 1. The Morgan fingerprint density at radius 3 is 3.08 bits per heavy atom. The van der Waals surface area contributed by atoms with Crippen molar-refractivity contribution in [1.82, 2.24) is 0 Å². The minimum atomic E-state index is -0.0857. The van der Waals surface area contributed by atoms with Crippen molar-refractivity contribution in [1.29, 1.82) is 0 Å². The minimum absolute atomic E-state index is 0.0240. The van der Waals surface area contributed by atoms with Gasteiger partial charge in [0.2, 0.25) is 5.91 Å². The van der Waals surface area contributed by atoms with Gasteiger partial charge in [-0.05, 0) is 17.9 Å². The van der Waals surface area contributed by atoms with E-state index in [-0.39, 0.29) is 10.7 Å².